The highest BCUT2D eigenvalue weighted by Gasteiger charge is 2.37. The molecule has 0 saturated carbocycles. The molecule has 14 heavy (non-hydrogen) atoms. The van der Waals surface area contributed by atoms with Crippen molar-refractivity contribution in [2.45, 2.75) is 12.7 Å². The SMILES string of the molecule is NCc1ccc(Br)c(F)c1C(F)(F)F. The van der Waals surface area contributed by atoms with Gasteiger partial charge in [-0.15, -0.1) is 0 Å². The molecule has 78 valence electrons. The summed E-state index contributed by atoms with van der Waals surface area (Å²) >= 11 is 2.69. The van der Waals surface area contributed by atoms with Crippen LogP contribution in [0.2, 0.25) is 0 Å². The first-order valence-electron chi connectivity index (χ1n) is 3.62. The second-order valence-electron chi connectivity index (χ2n) is 2.60. The smallest absolute Gasteiger partial charge is 0.326 e. The van der Waals surface area contributed by atoms with Gasteiger partial charge in [-0.2, -0.15) is 13.2 Å². The maximum absolute atomic E-state index is 13.1. The number of rotatable bonds is 1. The van der Waals surface area contributed by atoms with Crippen molar-refractivity contribution < 1.29 is 17.6 Å². The quantitative estimate of drug-likeness (QED) is 0.781. The Morgan fingerprint density at radius 1 is 1.29 bits per heavy atom. The van der Waals surface area contributed by atoms with Gasteiger partial charge in [0.25, 0.3) is 0 Å². The predicted molar refractivity (Wildman–Crippen MR) is 47.0 cm³/mol. The van der Waals surface area contributed by atoms with E-state index in [1.165, 1.54) is 6.07 Å². The minimum absolute atomic E-state index is 0.220. The topological polar surface area (TPSA) is 26.0 Å². The molecule has 2 N–H and O–H groups in total. The molecule has 0 saturated heterocycles. The van der Waals surface area contributed by atoms with Crippen LogP contribution in [0.15, 0.2) is 16.6 Å². The third-order valence-electron chi connectivity index (χ3n) is 1.68. The average molecular weight is 272 g/mol. The Labute approximate surface area is 86.0 Å². The predicted octanol–water partition coefficient (Wildman–Crippen LogP) is 3.07. The van der Waals surface area contributed by atoms with E-state index in [-0.39, 0.29) is 16.6 Å². The maximum atomic E-state index is 13.1. The van der Waals surface area contributed by atoms with Crippen molar-refractivity contribution in [3.63, 3.8) is 0 Å². The van der Waals surface area contributed by atoms with Crippen LogP contribution in [0.4, 0.5) is 17.6 Å². The monoisotopic (exact) mass is 271 g/mol. The minimum Gasteiger partial charge on any atom is -0.326 e. The van der Waals surface area contributed by atoms with E-state index in [1.807, 2.05) is 0 Å². The Hall–Kier alpha value is -0.620. The molecule has 0 amide bonds. The van der Waals surface area contributed by atoms with Gasteiger partial charge in [0.1, 0.15) is 5.82 Å². The van der Waals surface area contributed by atoms with E-state index in [9.17, 15) is 17.6 Å². The summed E-state index contributed by atoms with van der Waals surface area (Å²) < 4.78 is 50.0. The zero-order chi connectivity index (χ0) is 10.9. The molecular weight excluding hydrogens is 266 g/mol. The second-order valence-corrected chi connectivity index (χ2v) is 3.45. The van der Waals surface area contributed by atoms with Crippen LogP contribution >= 0.6 is 15.9 Å². The molecule has 1 aromatic carbocycles. The molecule has 6 heteroatoms. The van der Waals surface area contributed by atoms with Crippen molar-refractivity contribution in [1.82, 2.24) is 0 Å². The maximum Gasteiger partial charge on any atom is 0.419 e. The summed E-state index contributed by atoms with van der Waals surface area (Å²) in [6, 6.07) is 2.35. The standard InChI is InChI=1S/C8H6BrF4N/c9-5-2-1-4(3-14)6(7(5)10)8(11,12)13/h1-2H,3,14H2. The summed E-state index contributed by atoms with van der Waals surface area (Å²) in [4.78, 5) is 0. The Bertz CT molecular complexity index is 348. The van der Waals surface area contributed by atoms with E-state index in [2.05, 4.69) is 15.9 Å². The molecule has 0 radical (unpaired) electrons. The van der Waals surface area contributed by atoms with E-state index in [1.54, 1.807) is 0 Å². The normalized spacial score (nSPS) is 11.9. The van der Waals surface area contributed by atoms with Gasteiger partial charge in [-0.05, 0) is 27.6 Å². The first kappa shape index (κ1) is 11.5. The lowest BCUT2D eigenvalue weighted by molar-refractivity contribution is -0.140. The molecule has 0 aliphatic heterocycles. The molecule has 0 heterocycles. The van der Waals surface area contributed by atoms with Gasteiger partial charge in [0.05, 0.1) is 10.0 Å². The molecule has 1 nitrogen and oxygen atoms in total. The van der Waals surface area contributed by atoms with Gasteiger partial charge in [0.2, 0.25) is 0 Å². The van der Waals surface area contributed by atoms with Gasteiger partial charge in [-0.3, -0.25) is 0 Å². The first-order valence-corrected chi connectivity index (χ1v) is 4.41. The lowest BCUT2D eigenvalue weighted by atomic mass is 10.1. The van der Waals surface area contributed by atoms with Crippen molar-refractivity contribution in [3.8, 4) is 0 Å². The van der Waals surface area contributed by atoms with Crippen LogP contribution < -0.4 is 5.73 Å². The van der Waals surface area contributed by atoms with Gasteiger partial charge < -0.3 is 5.73 Å². The molecule has 0 unspecified atom stereocenters. The van der Waals surface area contributed by atoms with E-state index < -0.39 is 17.6 Å². The lowest BCUT2D eigenvalue weighted by Crippen LogP contribution is -2.14. The molecule has 1 aromatic rings. The highest BCUT2D eigenvalue weighted by molar-refractivity contribution is 9.10. The van der Waals surface area contributed by atoms with Crippen LogP contribution in [0.25, 0.3) is 0 Å². The molecule has 0 aromatic heterocycles. The highest BCUT2D eigenvalue weighted by Crippen LogP contribution is 2.36. The largest absolute Gasteiger partial charge is 0.419 e. The minimum atomic E-state index is -4.72. The van der Waals surface area contributed by atoms with Crippen molar-refractivity contribution in [3.05, 3.63) is 33.5 Å². The van der Waals surface area contributed by atoms with Crippen molar-refractivity contribution in [1.29, 1.82) is 0 Å². The van der Waals surface area contributed by atoms with Crippen LogP contribution in [0.1, 0.15) is 11.1 Å². The fourth-order valence-corrected chi connectivity index (χ4v) is 1.40. The van der Waals surface area contributed by atoms with Crippen molar-refractivity contribution in [2.75, 3.05) is 0 Å². The van der Waals surface area contributed by atoms with E-state index >= 15 is 0 Å². The van der Waals surface area contributed by atoms with Crippen molar-refractivity contribution >= 4 is 15.9 Å². The lowest BCUT2D eigenvalue weighted by Gasteiger charge is -2.13. The summed E-state index contributed by atoms with van der Waals surface area (Å²) in [5.41, 5.74) is 3.54. The molecule has 1 rings (SSSR count). The van der Waals surface area contributed by atoms with Crippen LogP contribution in [0.3, 0.4) is 0 Å². The van der Waals surface area contributed by atoms with Crippen LogP contribution in [-0.4, -0.2) is 0 Å². The summed E-state index contributed by atoms with van der Waals surface area (Å²) in [6.07, 6.45) is -4.72. The van der Waals surface area contributed by atoms with Gasteiger partial charge >= 0.3 is 6.18 Å². The van der Waals surface area contributed by atoms with E-state index in [4.69, 9.17) is 5.73 Å². The summed E-state index contributed by atoms with van der Waals surface area (Å²) in [5, 5.41) is 0. The van der Waals surface area contributed by atoms with Crippen LogP contribution in [0.5, 0.6) is 0 Å². The van der Waals surface area contributed by atoms with Crippen LogP contribution in [-0.2, 0) is 12.7 Å². The molecule has 0 aliphatic carbocycles. The molecular formula is C8H6BrF4N. The fourth-order valence-electron chi connectivity index (χ4n) is 1.07. The Balaban J connectivity index is 3.44. The van der Waals surface area contributed by atoms with Gasteiger partial charge in [0, 0.05) is 6.54 Å². The van der Waals surface area contributed by atoms with Gasteiger partial charge in [0.15, 0.2) is 0 Å². The fraction of sp³-hybridized carbons (Fsp3) is 0.250. The average Bonchev–Trinajstić information content (AvgIpc) is 2.07. The first-order chi connectivity index (χ1) is 6.38. The Kier molecular flexibility index (Phi) is 3.16. The Morgan fingerprint density at radius 3 is 2.29 bits per heavy atom. The summed E-state index contributed by atoms with van der Waals surface area (Å²) in [7, 11) is 0. The number of hydrogen-bond donors (Lipinski definition) is 1. The number of hydrogen-bond acceptors (Lipinski definition) is 1. The van der Waals surface area contributed by atoms with Crippen molar-refractivity contribution in [2.24, 2.45) is 5.73 Å². The number of alkyl halides is 3. The zero-order valence-electron chi connectivity index (χ0n) is 6.83. The zero-order valence-corrected chi connectivity index (χ0v) is 8.41. The molecule has 0 aliphatic rings. The number of benzene rings is 1. The summed E-state index contributed by atoms with van der Waals surface area (Å²) in [6.45, 7) is -0.348. The second kappa shape index (κ2) is 3.86. The number of nitrogens with two attached hydrogens (primary N) is 1. The van der Waals surface area contributed by atoms with E-state index in [0.717, 1.165) is 6.07 Å². The van der Waals surface area contributed by atoms with E-state index in [0.29, 0.717) is 0 Å². The third-order valence-corrected chi connectivity index (χ3v) is 2.30. The third kappa shape index (κ3) is 2.06. The summed E-state index contributed by atoms with van der Waals surface area (Å²) in [5.74, 6) is -1.32. The Morgan fingerprint density at radius 2 is 1.86 bits per heavy atom. The number of halogens is 5. The molecule has 0 spiro atoms. The highest BCUT2D eigenvalue weighted by atomic mass is 79.9. The molecule has 0 bridgehead atoms. The van der Waals surface area contributed by atoms with Crippen LogP contribution in [0, 0.1) is 5.82 Å². The molecule has 0 atom stereocenters. The molecule has 0 fully saturated rings. The van der Waals surface area contributed by atoms with Gasteiger partial charge in [-0.25, -0.2) is 4.39 Å². The van der Waals surface area contributed by atoms with Gasteiger partial charge in [-0.1, -0.05) is 6.07 Å².